The Morgan fingerprint density at radius 1 is 1.53 bits per heavy atom. The van der Waals surface area contributed by atoms with E-state index in [2.05, 4.69) is 16.0 Å². The number of aromatic nitrogens is 4. The molecule has 0 bridgehead atoms. The molecule has 0 radical (unpaired) electrons. The van der Waals surface area contributed by atoms with Crippen molar-refractivity contribution in [2.45, 2.75) is 24.0 Å². The highest BCUT2D eigenvalue weighted by Crippen LogP contribution is 2.37. The standard InChI is InChI=1S/C12H13N5OS/c1-16-9-6-14-11(19-2)15-10(9)17(12(16)18)8-3-7(4-8)5-13/h6-8H,3-4H2,1-2H3/t7-,8+. The first-order valence-corrected chi connectivity index (χ1v) is 7.25. The molecular formula is C12H13N5OS. The third kappa shape index (κ3) is 1.75. The van der Waals surface area contributed by atoms with E-state index in [0.29, 0.717) is 10.8 Å². The van der Waals surface area contributed by atoms with Gasteiger partial charge in [-0.05, 0) is 19.1 Å². The maximum atomic E-state index is 12.3. The van der Waals surface area contributed by atoms with E-state index in [0.717, 1.165) is 18.4 Å². The molecule has 1 aliphatic carbocycles. The maximum Gasteiger partial charge on any atom is 0.330 e. The number of hydrogen-bond acceptors (Lipinski definition) is 5. The summed E-state index contributed by atoms with van der Waals surface area (Å²) in [5, 5.41) is 9.50. The number of aryl methyl sites for hydroxylation is 1. The van der Waals surface area contributed by atoms with Crippen LogP contribution in [-0.4, -0.2) is 25.4 Å². The average molecular weight is 275 g/mol. The lowest BCUT2D eigenvalue weighted by Gasteiger charge is -2.31. The third-order valence-electron chi connectivity index (χ3n) is 3.65. The molecule has 0 aliphatic heterocycles. The van der Waals surface area contributed by atoms with Gasteiger partial charge in [-0.25, -0.2) is 14.8 Å². The minimum atomic E-state index is -0.0797. The summed E-state index contributed by atoms with van der Waals surface area (Å²) in [7, 11) is 1.73. The van der Waals surface area contributed by atoms with E-state index in [1.54, 1.807) is 22.4 Å². The minimum Gasteiger partial charge on any atom is -0.292 e. The van der Waals surface area contributed by atoms with Crippen molar-refractivity contribution in [3.63, 3.8) is 0 Å². The first-order chi connectivity index (χ1) is 9.15. The van der Waals surface area contributed by atoms with Crippen LogP contribution in [0.4, 0.5) is 0 Å². The number of rotatable bonds is 2. The Balaban J connectivity index is 2.15. The molecule has 0 atom stereocenters. The molecule has 0 spiro atoms. The number of fused-ring (bicyclic) bond motifs is 1. The van der Waals surface area contributed by atoms with Crippen molar-refractivity contribution in [1.82, 2.24) is 19.1 Å². The second-order valence-corrected chi connectivity index (χ2v) is 5.50. The minimum absolute atomic E-state index is 0.0639. The topological polar surface area (TPSA) is 76.5 Å². The highest BCUT2D eigenvalue weighted by atomic mass is 32.2. The zero-order chi connectivity index (χ0) is 13.6. The van der Waals surface area contributed by atoms with Gasteiger partial charge in [0.1, 0.15) is 5.52 Å². The Morgan fingerprint density at radius 2 is 2.26 bits per heavy atom. The molecule has 3 rings (SSSR count). The summed E-state index contributed by atoms with van der Waals surface area (Å²) >= 11 is 1.45. The van der Waals surface area contributed by atoms with E-state index in [-0.39, 0.29) is 17.6 Å². The fourth-order valence-electron chi connectivity index (χ4n) is 2.45. The Kier molecular flexibility index (Phi) is 2.82. The van der Waals surface area contributed by atoms with Crippen molar-refractivity contribution in [3.8, 4) is 6.07 Å². The molecule has 1 aliphatic rings. The molecule has 2 aromatic rings. The normalized spacial score (nSPS) is 22.2. The van der Waals surface area contributed by atoms with E-state index < -0.39 is 0 Å². The largest absolute Gasteiger partial charge is 0.330 e. The quantitative estimate of drug-likeness (QED) is 0.610. The molecule has 0 N–H and O–H groups in total. The van der Waals surface area contributed by atoms with Gasteiger partial charge in [0.05, 0.1) is 18.2 Å². The van der Waals surface area contributed by atoms with Crippen LogP contribution in [0.1, 0.15) is 18.9 Å². The Morgan fingerprint density at radius 3 is 2.89 bits per heavy atom. The summed E-state index contributed by atoms with van der Waals surface area (Å²) in [6.45, 7) is 0. The van der Waals surface area contributed by atoms with Crippen LogP contribution in [-0.2, 0) is 7.05 Å². The monoisotopic (exact) mass is 275 g/mol. The lowest BCUT2D eigenvalue weighted by molar-refractivity contribution is 0.246. The highest BCUT2D eigenvalue weighted by molar-refractivity contribution is 7.98. The number of nitrogens with zero attached hydrogens (tertiary/aromatic N) is 5. The fourth-order valence-corrected chi connectivity index (χ4v) is 2.79. The summed E-state index contributed by atoms with van der Waals surface area (Å²) in [5.41, 5.74) is 1.33. The molecule has 6 nitrogen and oxygen atoms in total. The van der Waals surface area contributed by atoms with Crippen molar-refractivity contribution in [1.29, 1.82) is 5.26 Å². The van der Waals surface area contributed by atoms with E-state index in [1.165, 1.54) is 11.8 Å². The zero-order valence-electron chi connectivity index (χ0n) is 10.7. The smallest absolute Gasteiger partial charge is 0.292 e. The Bertz CT molecular complexity index is 735. The van der Waals surface area contributed by atoms with E-state index in [9.17, 15) is 4.79 Å². The molecule has 1 saturated carbocycles. The predicted molar refractivity (Wildman–Crippen MR) is 71.9 cm³/mol. The third-order valence-corrected chi connectivity index (χ3v) is 4.22. The van der Waals surface area contributed by atoms with Crippen molar-refractivity contribution >= 4 is 22.9 Å². The molecule has 0 amide bonds. The average Bonchev–Trinajstić information content (AvgIpc) is 2.62. The van der Waals surface area contributed by atoms with Crippen molar-refractivity contribution in [2.75, 3.05) is 6.26 Å². The van der Waals surface area contributed by atoms with Crippen LogP contribution in [0, 0.1) is 17.2 Å². The van der Waals surface area contributed by atoms with Gasteiger partial charge in [-0.2, -0.15) is 5.26 Å². The van der Waals surface area contributed by atoms with Crippen LogP contribution >= 0.6 is 11.8 Å². The number of nitriles is 1. The van der Waals surface area contributed by atoms with Crippen LogP contribution in [0.2, 0.25) is 0 Å². The lowest BCUT2D eigenvalue weighted by Crippen LogP contribution is -2.33. The summed E-state index contributed by atoms with van der Waals surface area (Å²) in [4.78, 5) is 20.9. The highest BCUT2D eigenvalue weighted by Gasteiger charge is 2.33. The molecule has 7 heteroatoms. The molecule has 0 aromatic carbocycles. The van der Waals surface area contributed by atoms with Crippen LogP contribution in [0.15, 0.2) is 16.1 Å². The fraction of sp³-hybridized carbons (Fsp3) is 0.500. The van der Waals surface area contributed by atoms with Gasteiger partial charge in [0.2, 0.25) is 0 Å². The molecular weight excluding hydrogens is 262 g/mol. The molecule has 1 fully saturated rings. The summed E-state index contributed by atoms with van der Waals surface area (Å²) < 4.78 is 3.28. The molecule has 19 heavy (non-hydrogen) atoms. The van der Waals surface area contributed by atoms with Gasteiger partial charge < -0.3 is 0 Å². The Labute approximate surface area is 114 Å². The van der Waals surface area contributed by atoms with Gasteiger partial charge in [-0.3, -0.25) is 9.13 Å². The Hall–Kier alpha value is -1.81. The summed E-state index contributed by atoms with van der Waals surface area (Å²) in [6.07, 6.45) is 5.05. The van der Waals surface area contributed by atoms with Crippen LogP contribution in [0.25, 0.3) is 11.2 Å². The molecule has 0 saturated heterocycles. The molecule has 0 unspecified atom stereocenters. The van der Waals surface area contributed by atoms with E-state index in [1.807, 2.05) is 6.26 Å². The first kappa shape index (κ1) is 12.2. The summed E-state index contributed by atoms with van der Waals surface area (Å²) in [5.74, 6) is 0.0639. The van der Waals surface area contributed by atoms with Gasteiger partial charge in [-0.15, -0.1) is 0 Å². The number of hydrogen-bond donors (Lipinski definition) is 0. The second kappa shape index (κ2) is 4.38. The molecule has 98 valence electrons. The first-order valence-electron chi connectivity index (χ1n) is 6.03. The van der Waals surface area contributed by atoms with Crippen molar-refractivity contribution < 1.29 is 0 Å². The maximum absolute atomic E-state index is 12.3. The van der Waals surface area contributed by atoms with E-state index >= 15 is 0 Å². The van der Waals surface area contributed by atoms with Gasteiger partial charge >= 0.3 is 5.69 Å². The van der Waals surface area contributed by atoms with Crippen LogP contribution in [0.5, 0.6) is 0 Å². The van der Waals surface area contributed by atoms with Gasteiger partial charge in [0, 0.05) is 13.1 Å². The lowest BCUT2D eigenvalue weighted by atomic mass is 9.81. The number of imidazole rings is 1. The zero-order valence-corrected chi connectivity index (χ0v) is 11.5. The van der Waals surface area contributed by atoms with Crippen LogP contribution in [0.3, 0.4) is 0 Å². The van der Waals surface area contributed by atoms with Gasteiger partial charge in [0.25, 0.3) is 0 Å². The van der Waals surface area contributed by atoms with Gasteiger partial charge in [0.15, 0.2) is 10.8 Å². The SMILES string of the molecule is CSc1ncc2c(n1)n([C@H]1C[C@@H](C#N)C1)c(=O)n2C. The van der Waals surface area contributed by atoms with E-state index in [4.69, 9.17) is 5.26 Å². The van der Waals surface area contributed by atoms with Crippen molar-refractivity contribution in [3.05, 3.63) is 16.7 Å². The second-order valence-electron chi connectivity index (χ2n) is 4.73. The van der Waals surface area contributed by atoms with Crippen LogP contribution < -0.4 is 5.69 Å². The number of thioether (sulfide) groups is 1. The molecule has 2 heterocycles. The molecule has 2 aromatic heterocycles. The van der Waals surface area contributed by atoms with Gasteiger partial charge in [-0.1, -0.05) is 11.8 Å². The van der Waals surface area contributed by atoms with Crippen molar-refractivity contribution in [2.24, 2.45) is 13.0 Å². The predicted octanol–water partition coefficient (Wildman–Crippen LogP) is 1.33. The summed E-state index contributed by atoms with van der Waals surface area (Å²) in [6, 6.07) is 2.33.